The maximum absolute atomic E-state index is 5.14. The zero-order valence-corrected chi connectivity index (χ0v) is 17.3. The minimum atomic E-state index is 1.03. The highest BCUT2D eigenvalue weighted by molar-refractivity contribution is 9.10. The lowest BCUT2D eigenvalue weighted by Gasteiger charge is -2.23. The first-order chi connectivity index (χ1) is 13.7. The minimum absolute atomic E-state index is 1.03. The highest BCUT2D eigenvalue weighted by Gasteiger charge is 2.22. The summed E-state index contributed by atoms with van der Waals surface area (Å²) in [5, 5.41) is 0. The average Bonchev–Trinajstić information content (AvgIpc) is 2.74. The normalized spacial score (nSPS) is 12.4. The first-order valence-corrected chi connectivity index (χ1v) is 10.4. The lowest BCUT2D eigenvalue weighted by Crippen LogP contribution is -2.08. The summed E-state index contributed by atoms with van der Waals surface area (Å²) in [6, 6.07) is 28.2. The summed E-state index contributed by atoms with van der Waals surface area (Å²) in [5.74, 6) is 0. The van der Waals surface area contributed by atoms with E-state index in [0.717, 1.165) is 34.3 Å². The Labute approximate surface area is 174 Å². The number of halogens is 1. The molecule has 1 heterocycles. The van der Waals surface area contributed by atoms with Crippen molar-refractivity contribution >= 4 is 15.9 Å². The summed E-state index contributed by atoms with van der Waals surface area (Å²) in [5.41, 5.74) is 11.2. The molecule has 1 aliphatic rings. The number of aromatic nitrogens is 1. The van der Waals surface area contributed by atoms with Crippen LogP contribution in [0.15, 0.2) is 83.3 Å². The molecule has 0 unspecified atom stereocenters. The molecule has 0 spiro atoms. The number of pyridine rings is 1. The third-order valence-corrected chi connectivity index (χ3v) is 6.07. The van der Waals surface area contributed by atoms with Gasteiger partial charge < -0.3 is 0 Å². The van der Waals surface area contributed by atoms with Crippen molar-refractivity contribution in [2.75, 3.05) is 0 Å². The minimum Gasteiger partial charge on any atom is -0.247 e. The molecule has 3 aromatic carbocycles. The van der Waals surface area contributed by atoms with Gasteiger partial charge in [0.2, 0.25) is 0 Å². The van der Waals surface area contributed by atoms with Crippen LogP contribution >= 0.6 is 15.9 Å². The van der Waals surface area contributed by atoms with Crippen LogP contribution in [-0.2, 0) is 12.8 Å². The Morgan fingerprint density at radius 2 is 1.46 bits per heavy atom. The molecule has 0 fully saturated rings. The van der Waals surface area contributed by atoms with Crippen molar-refractivity contribution in [2.24, 2.45) is 0 Å². The second-order valence-electron chi connectivity index (χ2n) is 7.41. The van der Waals surface area contributed by atoms with E-state index in [0.29, 0.717) is 0 Å². The van der Waals surface area contributed by atoms with Crippen molar-refractivity contribution in [3.8, 4) is 33.6 Å². The highest BCUT2D eigenvalue weighted by Crippen LogP contribution is 2.40. The van der Waals surface area contributed by atoms with Gasteiger partial charge in [0, 0.05) is 15.6 Å². The number of hydrogen-bond acceptors (Lipinski definition) is 1. The van der Waals surface area contributed by atoms with Crippen LogP contribution in [0.25, 0.3) is 33.6 Å². The third-order valence-electron chi connectivity index (χ3n) is 5.54. The molecule has 0 saturated heterocycles. The molecule has 136 valence electrons. The number of benzene rings is 3. The maximum atomic E-state index is 5.14. The van der Waals surface area contributed by atoms with E-state index in [9.17, 15) is 0 Å². The fourth-order valence-corrected chi connectivity index (χ4v) is 4.30. The molecule has 0 N–H and O–H groups in total. The Morgan fingerprint density at radius 3 is 2.25 bits per heavy atom. The van der Waals surface area contributed by atoms with Gasteiger partial charge in [-0.15, -0.1) is 0 Å². The summed E-state index contributed by atoms with van der Waals surface area (Å²) in [6.07, 6.45) is 2.10. The fraction of sp³-hybridized carbons (Fsp3) is 0.115. The van der Waals surface area contributed by atoms with Gasteiger partial charge in [-0.1, -0.05) is 82.2 Å². The van der Waals surface area contributed by atoms with Crippen molar-refractivity contribution in [1.82, 2.24) is 4.98 Å². The Morgan fingerprint density at radius 1 is 0.750 bits per heavy atom. The molecule has 0 bridgehead atoms. The molecule has 1 nitrogen and oxygen atoms in total. The Bertz CT molecular complexity index is 1160. The largest absolute Gasteiger partial charge is 0.247 e. The molecule has 2 heteroatoms. The zero-order valence-electron chi connectivity index (χ0n) is 15.7. The van der Waals surface area contributed by atoms with E-state index < -0.39 is 0 Å². The summed E-state index contributed by atoms with van der Waals surface area (Å²) >= 11 is 3.54. The number of hydrogen-bond donors (Lipinski definition) is 0. The van der Waals surface area contributed by atoms with Gasteiger partial charge in [0.1, 0.15) is 0 Å². The third kappa shape index (κ3) is 3.08. The fourth-order valence-electron chi connectivity index (χ4n) is 4.04. The van der Waals surface area contributed by atoms with E-state index in [1.807, 2.05) is 0 Å². The zero-order chi connectivity index (χ0) is 19.1. The highest BCUT2D eigenvalue weighted by atomic mass is 79.9. The average molecular weight is 426 g/mol. The van der Waals surface area contributed by atoms with Gasteiger partial charge in [-0.05, 0) is 60.2 Å². The monoisotopic (exact) mass is 425 g/mol. The van der Waals surface area contributed by atoms with Crippen molar-refractivity contribution in [2.45, 2.75) is 19.8 Å². The second-order valence-corrected chi connectivity index (χ2v) is 8.33. The molecular formula is C26H20BrN. The van der Waals surface area contributed by atoms with E-state index >= 15 is 0 Å². The summed E-state index contributed by atoms with van der Waals surface area (Å²) in [6.45, 7) is 2.13. The van der Waals surface area contributed by atoms with E-state index in [2.05, 4.69) is 102 Å². The SMILES string of the molecule is Cc1ccc(-c2cc(-c3ccc(Br)cc3)nc3c2CCc2ccccc2-3)cc1. The molecule has 1 aliphatic carbocycles. The molecule has 28 heavy (non-hydrogen) atoms. The first kappa shape index (κ1) is 17.4. The molecule has 4 aromatic rings. The molecule has 0 radical (unpaired) electrons. The van der Waals surface area contributed by atoms with Gasteiger partial charge in [0.25, 0.3) is 0 Å². The van der Waals surface area contributed by atoms with Crippen LogP contribution in [0.3, 0.4) is 0 Å². The van der Waals surface area contributed by atoms with Crippen molar-refractivity contribution in [3.63, 3.8) is 0 Å². The van der Waals surface area contributed by atoms with Crippen LogP contribution in [-0.4, -0.2) is 4.98 Å². The molecule has 5 rings (SSSR count). The van der Waals surface area contributed by atoms with Crippen LogP contribution in [0.4, 0.5) is 0 Å². The number of fused-ring (bicyclic) bond motifs is 3. The number of aryl methyl sites for hydroxylation is 2. The molecular weight excluding hydrogens is 406 g/mol. The Hall–Kier alpha value is -2.71. The topological polar surface area (TPSA) is 12.9 Å². The predicted molar refractivity (Wildman–Crippen MR) is 120 cm³/mol. The van der Waals surface area contributed by atoms with Crippen LogP contribution in [0.5, 0.6) is 0 Å². The second kappa shape index (κ2) is 7.03. The lowest BCUT2D eigenvalue weighted by molar-refractivity contribution is 0.930. The first-order valence-electron chi connectivity index (χ1n) is 9.64. The van der Waals surface area contributed by atoms with Crippen LogP contribution in [0, 0.1) is 6.92 Å². The maximum Gasteiger partial charge on any atom is 0.0750 e. The van der Waals surface area contributed by atoms with Gasteiger partial charge in [-0.2, -0.15) is 0 Å². The number of rotatable bonds is 2. The van der Waals surface area contributed by atoms with Crippen molar-refractivity contribution in [3.05, 3.63) is 100 Å². The molecule has 1 aromatic heterocycles. The Balaban J connectivity index is 1.78. The van der Waals surface area contributed by atoms with Crippen LogP contribution in [0.2, 0.25) is 0 Å². The lowest BCUT2D eigenvalue weighted by atomic mass is 9.84. The Kier molecular flexibility index (Phi) is 4.37. The molecule has 0 aliphatic heterocycles. The molecule has 0 atom stereocenters. The molecule has 0 amide bonds. The van der Waals surface area contributed by atoms with E-state index in [1.54, 1.807) is 0 Å². The van der Waals surface area contributed by atoms with Crippen LogP contribution in [0.1, 0.15) is 16.7 Å². The van der Waals surface area contributed by atoms with Gasteiger partial charge in [-0.25, -0.2) is 4.98 Å². The van der Waals surface area contributed by atoms with Crippen molar-refractivity contribution < 1.29 is 0 Å². The summed E-state index contributed by atoms with van der Waals surface area (Å²) in [4.78, 5) is 5.14. The standard InChI is InChI=1S/C26H20BrN/c1-17-6-8-19(9-7-17)24-16-25(20-10-13-21(27)14-11-20)28-26-22-5-3-2-4-18(22)12-15-23(24)26/h2-11,13-14,16H,12,15H2,1H3. The smallest absolute Gasteiger partial charge is 0.0750 e. The van der Waals surface area contributed by atoms with E-state index in [-0.39, 0.29) is 0 Å². The van der Waals surface area contributed by atoms with E-state index in [4.69, 9.17) is 4.98 Å². The van der Waals surface area contributed by atoms with Gasteiger partial charge in [-0.3, -0.25) is 0 Å². The van der Waals surface area contributed by atoms with Gasteiger partial charge in [0.15, 0.2) is 0 Å². The van der Waals surface area contributed by atoms with E-state index in [1.165, 1.54) is 33.4 Å². The number of nitrogens with zero attached hydrogens (tertiary/aromatic N) is 1. The summed E-state index contributed by atoms with van der Waals surface area (Å²) in [7, 11) is 0. The van der Waals surface area contributed by atoms with Crippen molar-refractivity contribution in [1.29, 1.82) is 0 Å². The van der Waals surface area contributed by atoms with Gasteiger partial charge >= 0.3 is 0 Å². The van der Waals surface area contributed by atoms with Gasteiger partial charge in [0.05, 0.1) is 11.4 Å². The molecule has 0 saturated carbocycles. The quantitative estimate of drug-likeness (QED) is 0.329. The van der Waals surface area contributed by atoms with Crippen LogP contribution < -0.4 is 0 Å². The predicted octanol–water partition coefficient (Wildman–Crippen LogP) is 7.25. The summed E-state index contributed by atoms with van der Waals surface area (Å²) < 4.78 is 1.08.